The van der Waals surface area contributed by atoms with Gasteiger partial charge in [-0.3, -0.25) is 4.79 Å². The van der Waals surface area contributed by atoms with Gasteiger partial charge in [-0.2, -0.15) is 4.31 Å². The zero-order valence-corrected chi connectivity index (χ0v) is 16.9. The van der Waals surface area contributed by atoms with Crippen LogP contribution in [0.5, 0.6) is 0 Å². The summed E-state index contributed by atoms with van der Waals surface area (Å²) >= 11 is 3.16. The van der Waals surface area contributed by atoms with Crippen LogP contribution in [0.15, 0.2) is 45.8 Å². The first-order chi connectivity index (χ1) is 12.8. The summed E-state index contributed by atoms with van der Waals surface area (Å²) in [6, 6.07) is 8.34. The third-order valence-corrected chi connectivity index (χ3v) is 6.79. The number of hydrogen-bond acceptors (Lipinski definition) is 4. The molecule has 6 nitrogen and oxygen atoms in total. The number of sulfonamides is 1. The van der Waals surface area contributed by atoms with Gasteiger partial charge in [0.25, 0.3) is 5.91 Å². The first-order valence-electron chi connectivity index (χ1n) is 8.24. The number of nitrogens with zero attached hydrogens (tertiary/aromatic N) is 1. The molecule has 1 fully saturated rings. The number of morpholine rings is 1. The lowest BCUT2D eigenvalue weighted by molar-refractivity contribution is 0.0730. The highest BCUT2D eigenvalue weighted by Gasteiger charge is 2.27. The highest BCUT2D eigenvalue weighted by Crippen LogP contribution is 2.25. The van der Waals surface area contributed by atoms with E-state index >= 15 is 0 Å². The Labute approximate surface area is 165 Å². The van der Waals surface area contributed by atoms with Crippen molar-refractivity contribution in [2.45, 2.75) is 11.8 Å². The minimum Gasteiger partial charge on any atom is -0.379 e. The van der Waals surface area contributed by atoms with Gasteiger partial charge < -0.3 is 10.1 Å². The number of amides is 1. The van der Waals surface area contributed by atoms with Gasteiger partial charge in [-0.1, -0.05) is 6.07 Å². The number of carbonyl (C=O) groups excluding carboxylic acids is 1. The first kappa shape index (κ1) is 19.9. The number of carbonyl (C=O) groups is 1. The number of halogens is 2. The Kier molecular flexibility index (Phi) is 5.95. The summed E-state index contributed by atoms with van der Waals surface area (Å²) < 4.78 is 45.7. The number of benzene rings is 2. The molecule has 27 heavy (non-hydrogen) atoms. The molecule has 0 unspecified atom stereocenters. The van der Waals surface area contributed by atoms with Gasteiger partial charge in [0, 0.05) is 23.2 Å². The number of nitrogens with one attached hydrogen (secondary N) is 1. The molecule has 0 radical (unpaired) electrons. The van der Waals surface area contributed by atoms with Crippen molar-refractivity contribution in [1.29, 1.82) is 0 Å². The van der Waals surface area contributed by atoms with Crippen LogP contribution in [0.25, 0.3) is 0 Å². The molecule has 0 spiro atoms. The zero-order valence-electron chi connectivity index (χ0n) is 14.5. The van der Waals surface area contributed by atoms with Crippen LogP contribution in [-0.2, 0) is 14.8 Å². The van der Waals surface area contributed by atoms with Gasteiger partial charge >= 0.3 is 0 Å². The number of rotatable bonds is 4. The van der Waals surface area contributed by atoms with E-state index in [-0.39, 0.29) is 10.5 Å². The maximum absolute atomic E-state index is 13.2. The highest BCUT2D eigenvalue weighted by atomic mass is 79.9. The summed E-state index contributed by atoms with van der Waals surface area (Å²) in [6.07, 6.45) is 0. The van der Waals surface area contributed by atoms with Crippen molar-refractivity contribution in [2.24, 2.45) is 0 Å². The molecular weight excluding hydrogens is 439 g/mol. The fourth-order valence-electron chi connectivity index (χ4n) is 2.70. The molecule has 0 bridgehead atoms. The summed E-state index contributed by atoms with van der Waals surface area (Å²) in [7, 11) is -3.67. The minimum atomic E-state index is -3.67. The predicted octanol–water partition coefficient (Wildman–Crippen LogP) is 3.17. The monoisotopic (exact) mass is 456 g/mol. The third-order valence-electron chi connectivity index (χ3n) is 4.24. The van der Waals surface area contributed by atoms with E-state index in [0.29, 0.717) is 42.0 Å². The average molecular weight is 457 g/mol. The lowest BCUT2D eigenvalue weighted by Gasteiger charge is -2.26. The molecule has 144 valence electrons. The number of anilines is 1. The van der Waals surface area contributed by atoms with Crippen LogP contribution in [0.2, 0.25) is 0 Å². The van der Waals surface area contributed by atoms with Gasteiger partial charge in [0.2, 0.25) is 10.0 Å². The standard InChI is InChI=1S/C18H18BrFN2O4S/c1-12-2-4-14(27(24,25)22-6-8-26-9-7-22)11-17(12)21-18(23)15-5-3-13(20)10-16(15)19/h2-5,10-11H,6-9H2,1H3,(H,21,23). The van der Waals surface area contributed by atoms with Crippen molar-refractivity contribution >= 4 is 37.5 Å². The number of ether oxygens (including phenoxy) is 1. The SMILES string of the molecule is Cc1ccc(S(=O)(=O)N2CCOCC2)cc1NC(=O)c1ccc(F)cc1Br. The van der Waals surface area contributed by atoms with Crippen LogP contribution in [0, 0.1) is 12.7 Å². The molecular formula is C18H18BrFN2O4S. The van der Waals surface area contributed by atoms with Crippen LogP contribution in [0.3, 0.4) is 0 Å². The van der Waals surface area contributed by atoms with Gasteiger partial charge in [0.1, 0.15) is 5.82 Å². The lowest BCUT2D eigenvalue weighted by Crippen LogP contribution is -2.40. The normalized spacial score (nSPS) is 15.5. The van der Waals surface area contributed by atoms with E-state index < -0.39 is 21.7 Å². The minimum absolute atomic E-state index is 0.100. The second kappa shape index (κ2) is 8.05. The Morgan fingerprint density at radius 3 is 2.56 bits per heavy atom. The third kappa shape index (κ3) is 4.37. The zero-order chi connectivity index (χ0) is 19.6. The molecule has 0 aliphatic carbocycles. The van der Waals surface area contributed by atoms with E-state index in [4.69, 9.17) is 4.74 Å². The molecule has 1 aliphatic heterocycles. The van der Waals surface area contributed by atoms with E-state index in [9.17, 15) is 17.6 Å². The molecule has 2 aromatic carbocycles. The van der Waals surface area contributed by atoms with Crippen molar-refractivity contribution in [3.8, 4) is 0 Å². The van der Waals surface area contributed by atoms with Gasteiger partial charge in [-0.25, -0.2) is 12.8 Å². The van der Waals surface area contributed by atoms with Crippen LogP contribution in [0.4, 0.5) is 10.1 Å². The van der Waals surface area contributed by atoms with E-state index in [1.165, 1.54) is 34.6 Å². The maximum atomic E-state index is 13.2. The summed E-state index contributed by atoms with van der Waals surface area (Å²) in [4.78, 5) is 12.6. The van der Waals surface area contributed by atoms with Crippen molar-refractivity contribution in [1.82, 2.24) is 4.31 Å². The van der Waals surface area contributed by atoms with Crippen LogP contribution in [0.1, 0.15) is 15.9 Å². The second-order valence-corrected chi connectivity index (χ2v) is 8.86. The van der Waals surface area contributed by atoms with Gasteiger partial charge in [-0.15, -0.1) is 0 Å². The van der Waals surface area contributed by atoms with Crippen molar-refractivity contribution in [2.75, 3.05) is 31.6 Å². The summed E-state index contributed by atoms with van der Waals surface area (Å²) in [5.74, 6) is -0.931. The number of aryl methyl sites for hydroxylation is 1. The summed E-state index contributed by atoms with van der Waals surface area (Å²) in [5, 5.41) is 2.70. The molecule has 2 aromatic rings. The molecule has 1 aliphatic rings. The molecule has 0 atom stereocenters. The van der Waals surface area contributed by atoms with Gasteiger partial charge in [-0.05, 0) is 58.7 Å². The van der Waals surface area contributed by atoms with Crippen LogP contribution < -0.4 is 5.32 Å². The van der Waals surface area contributed by atoms with Gasteiger partial charge in [0.15, 0.2) is 0 Å². The molecule has 1 N–H and O–H groups in total. The van der Waals surface area contributed by atoms with Crippen LogP contribution >= 0.6 is 15.9 Å². The van der Waals surface area contributed by atoms with Gasteiger partial charge in [0.05, 0.1) is 23.7 Å². The predicted molar refractivity (Wildman–Crippen MR) is 103 cm³/mol. The average Bonchev–Trinajstić information content (AvgIpc) is 2.64. The highest BCUT2D eigenvalue weighted by molar-refractivity contribution is 9.10. The molecule has 1 heterocycles. The molecule has 9 heteroatoms. The lowest BCUT2D eigenvalue weighted by atomic mass is 10.1. The van der Waals surface area contributed by atoms with Crippen molar-refractivity contribution in [3.05, 3.63) is 57.8 Å². The quantitative estimate of drug-likeness (QED) is 0.766. The van der Waals surface area contributed by atoms with E-state index in [1.807, 2.05) is 0 Å². The molecule has 0 saturated carbocycles. The van der Waals surface area contributed by atoms with Crippen molar-refractivity contribution in [3.63, 3.8) is 0 Å². The van der Waals surface area contributed by atoms with Crippen LogP contribution in [-0.4, -0.2) is 44.9 Å². The first-order valence-corrected chi connectivity index (χ1v) is 10.5. The summed E-state index contributed by atoms with van der Waals surface area (Å²) in [6.45, 7) is 3.06. The Bertz CT molecular complexity index is 975. The molecule has 0 aromatic heterocycles. The Balaban J connectivity index is 1.88. The Morgan fingerprint density at radius 2 is 1.89 bits per heavy atom. The maximum Gasteiger partial charge on any atom is 0.256 e. The Morgan fingerprint density at radius 1 is 1.19 bits per heavy atom. The fraction of sp³-hybridized carbons (Fsp3) is 0.278. The van der Waals surface area contributed by atoms with E-state index in [2.05, 4.69) is 21.2 Å². The molecule has 3 rings (SSSR count). The van der Waals surface area contributed by atoms with E-state index in [1.54, 1.807) is 13.0 Å². The second-order valence-electron chi connectivity index (χ2n) is 6.07. The smallest absolute Gasteiger partial charge is 0.256 e. The molecule has 1 amide bonds. The Hall–Kier alpha value is -1.81. The number of hydrogen-bond donors (Lipinski definition) is 1. The van der Waals surface area contributed by atoms with E-state index in [0.717, 1.165) is 0 Å². The summed E-state index contributed by atoms with van der Waals surface area (Å²) in [5.41, 5.74) is 1.34. The largest absolute Gasteiger partial charge is 0.379 e. The molecule has 1 saturated heterocycles. The fourth-order valence-corrected chi connectivity index (χ4v) is 4.66. The topological polar surface area (TPSA) is 75.7 Å². The van der Waals surface area contributed by atoms with Crippen molar-refractivity contribution < 1.29 is 22.3 Å².